The number of aliphatic hydroxyl groups excluding tert-OH is 1. The zero-order valence-corrected chi connectivity index (χ0v) is 12.9. The number of piperidine rings is 1. The molecule has 1 aromatic rings. The largest absolute Gasteiger partial charge is 0.393 e. The van der Waals surface area contributed by atoms with Gasteiger partial charge in [0.2, 0.25) is 5.89 Å². The fourth-order valence-corrected chi connectivity index (χ4v) is 2.63. The quantitative estimate of drug-likeness (QED) is 0.881. The lowest BCUT2D eigenvalue weighted by atomic mass is 9.92. The van der Waals surface area contributed by atoms with E-state index >= 15 is 0 Å². The highest BCUT2D eigenvalue weighted by atomic mass is 16.5. The summed E-state index contributed by atoms with van der Waals surface area (Å²) in [4.78, 5) is 18.2. The molecule has 1 aromatic heterocycles. The number of hydrogen-bond acceptors (Lipinski definition) is 5. The molecule has 2 amide bonds. The Morgan fingerprint density at radius 3 is 2.67 bits per heavy atom. The van der Waals surface area contributed by atoms with Gasteiger partial charge in [0.05, 0.1) is 12.1 Å². The third kappa shape index (κ3) is 3.93. The molecule has 0 spiro atoms. The zero-order valence-electron chi connectivity index (χ0n) is 12.9. The molecule has 118 valence electrons. The summed E-state index contributed by atoms with van der Waals surface area (Å²) < 4.78 is 4.96. The summed E-state index contributed by atoms with van der Waals surface area (Å²) in [5, 5.41) is 16.4. The van der Waals surface area contributed by atoms with Crippen LogP contribution in [0.2, 0.25) is 0 Å². The van der Waals surface area contributed by atoms with Crippen LogP contribution in [0, 0.1) is 12.8 Å². The van der Waals surface area contributed by atoms with Gasteiger partial charge in [0.25, 0.3) is 0 Å². The number of aromatic nitrogens is 2. The summed E-state index contributed by atoms with van der Waals surface area (Å²) in [6.45, 7) is 6.85. The molecule has 1 aliphatic heterocycles. The normalized spacial score (nSPS) is 19.3. The van der Waals surface area contributed by atoms with E-state index in [2.05, 4.69) is 15.5 Å². The minimum atomic E-state index is -0.305. The molecular formula is C14H24N4O3. The molecule has 7 heteroatoms. The molecule has 2 heterocycles. The predicted octanol–water partition coefficient (Wildman–Crippen LogP) is 1.63. The molecule has 0 radical (unpaired) electrons. The molecule has 2 unspecified atom stereocenters. The number of urea groups is 1. The summed E-state index contributed by atoms with van der Waals surface area (Å²) in [7, 11) is 0. The van der Waals surface area contributed by atoms with Crippen molar-refractivity contribution in [2.24, 2.45) is 5.92 Å². The highest BCUT2D eigenvalue weighted by molar-refractivity contribution is 5.74. The number of hydrogen-bond donors (Lipinski definition) is 2. The molecule has 1 fully saturated rings. The van der Waals surface area contributed by atoms with E-state index in [0.29, 0.717) is 31.2 Å². The molecule has 7 nitrogen and oxygen atoms in total. The second-order valence-corrected chi connectivity index (χ2v) is 5.65. The molecule has 21 heavy (non-hydrogen) atoms. The van der Waals surface area contributed by atoms with Crippen molar-refractivity contribution in [3.63, 3.8) is 0 Å². The summed E-state index contributed by atoms with van der Waals surface area (Å²) in [5.41, 5.74) is 0. The second kappa shape index (κ2) is 6.89. The van der Waals surface area contributed by atoms with Gasteiger partial charge in [-0.2, -0.15) is 4.98 Å². The number of nitrogens with one attached hydrogen (secondary N) is 1. The Hall–Kier alpha value is -1.63. The topological polar surface area (TPSA) is 91.5 Å². The Morgan fingerprint density at radius 2 is 2.19 bits per heavy atom. The van der Waals surface area contributed by atoms with E-state index in [1.165, 1.54) is 0 Å². The number of likely N-dealkylation sites (tertiary alicyclic amines) is 1. The predicted molar refractivity (Wildman–Crippen MR) is 76.6 cm³/mol. The van der Waals surface area contributed by atoms with E-state index in [4.69, 9.17) is 4.52 Å². The van der Waals surface area contributed by atoms with Crippen LogP contribution < -0.4 is 5.32 Å². The van der Waals surface area contributed by atoms with Crippen molar-refractivity contribution in [2.75, 3.05) is 13.1 Å². The Bertz CT molecular complexity index is 467. The van der Waals surface area contributed by atoms with Gasteiger partial charge in [0.1, 0.15) is 0 Å². The number of carbonyl (C=O) groups is 1. The number of aryl methyl sites for hydroxylation is 1. The van der Waals surface area contributed by atoms with Crippen molar-refractivity contribution in [3.05, 3.63) is 11.7 Å². The fraction of sp³-hybridized carbons (Fsp3) is 0.786. The zero-order chi connectivity index (χ0) is 15.4. The highest BCUT2D eigenvalue weighted by Crippen LogP contribution is 2.21. The van der Waals surface area contributed by atoms with E-state index < -0.39 is 0 Å². The van der Waals surface area contributed by atoms with Crippen LogP contribution in [-0.2, 0) is 0 Å². The number of nitrogens with zero attached hydrogens (tertiary/aromatic N) is 3. The fourth-order valence-electron chi connectivity index (χ4n) is 2.63. The van der Waals surface area contributed by atoms with Crippen molar-refractivity contribution < 1.29 is 14.4 Å². The number of aliphatic hydroxyl groups is 1. The first kappa shape index (κ1) is 15.8. The molecule has 1 aliphatic rings. The number of amides is 2. The van der Waals surface area contributed by atoms with Gasteiger partial charge in [0.15, 0.2) is 5.82 Å². The summed E-state index contributed by atoms with van der Waals surface area (Å²) in [5.74, 6) is 1.30. The van der Waals surface area contributed by atoms with Gasteiger partial charge in [-0.25, -0.2) is 4.79 Å². The molecule has 2 N–H and O–H groups in total. The van der Waals surface area contributed by atoms with Crippen LogP contribution in [0.15, 0.2) is 4.52 Å². The van der Waals surface area contributed by atoms with Gasteiger partial charge in [-0.15, -0.1) is 0 Å². The maximum absolute atomic E-state index is 12.3. The number of carbonyl (C=O) groups excluding carboxylic acids is 1. The van der Waals surface area contributed by atoms with Crippen LogP contribution >= 0.6 is 0 Å². The first-order chi connectivity index (χ1) is 10.0. The molecule has 0 aromatic carbocycles. The molecule has 0 saturated carbocycles. The highest BCUT2D eigenvalue weighted by Gasteiger charge is 2.27. The van der Waals surface area contributed by atoms with E-state index in [1.807, 2.05) is 13.8 Å². The summed E-state index contributed by atoms with van der Waals surface area (Å²) in [6, 6.07) is -0.335. The number of rotatable bonds is 4. The van der Waals surface area contributed by atoms with Crippen LogP contribution in [0.25, 0.3) is 0 Å². The van der Waals surface area contributed by atoms with E-state index in [-0.39, 0.29) is 24.1 Å². The maximum Gasteiger partial charge on any atom is 0.317 e. The molecule has 2 rings (SSSR count). The average Bonchev–Trinajstić information content (AvgIpc) is 2.91. The molecule has 2 atom stereocenters. The van der Waals surface area contributed by atoms with Crippen LogP contribution in [-0.4, -0.2) is 45.4 Å². The Morgan fingerprint density at radius 1 is 1.52 bits per heavy atom. The van der Waals surface area contributed by atoms with Gasteiger partial charge in [-0.1, -0.05) is 12.1 Å². The second-order valence-electron chi connectivity index (χ2n) is 5.65. The van der Waals surface area contributed by atoms with E-state index in [0.717, 1.165) is 12.8 Å². The minimum Gasteiger partial charge on any atom is -0.393 e. The van der Waals surface area contributed by atoms with Crippen LogP contribution in [0.1, 0.15) is 50.9 Å². The van der Waals surface area contributed by atoms with E-state index in [1.54, 1.807) is 11.8 Å². The smallest absolute Gasteiger partial charge is 0.317 e. The van der Waals surface area contributed by atoms with Crippen molar-refractivity contribution in [1.29, 1.82) is 0 Å². The maximum atomic E-state index is 12.3. The average molecular weight is 296 g/mol. The lowest BCUT2D eigenvalue weighted by Gasteiger charge is -2.33. The van der Waals surface area contributed by atoms with Gasteiger partial charge in [-0.3, -0.25) is 0 Å². The van der Waals surface area contributed by atoms with Crippen molar-refractivity contribution in [1.82, 2.24) is 20.4 Å². The third-order valence-corrected chi connectivity index (χ3v) is 4.07. The van der Waals surface area contributed by atoms with Gasteiger partial charge in [-0.05, 0) is 32.1 Å². The minimum absolute atomic E-state index is 0.103. The molecule has 0 aliphatic carbocycles. The van der Waals surface area contributed by atoms with Crippen LogP contribution in [0.3, 0.4) is 0 Å². The Kier molecular flexibility index (Phi) is 5.17. The molecule has 0 bridgehead atoms. The van der Waals surface area contributed by atoms with Gasteiger partial charge in [0, 0.05) is 20.0 Å². The monoisotopic (exact) mass is 296 g/mol. The van der Waals surface area contributed by atoms with Crippen molar-refractivity contribution in [2.45, 2.75) is 52.2 Å². The van der Waals surface area contributed by atoms with E-state index in [9.17, 15) is 9.90 Å². The molecule has 1 saturated heterocycles. The van der Waals surface area contributed by atoms with Gasteiger partial charge >= 0.3 is 6.03 Å². The standard InChI is InChI=1S/C14H24N4O3/c1-4-12(13-15-10(3)21-17-13)16-14(20)18-7-5-11(6-8-18)9(2)19/h9,11-12,19H,4-8H2,1-3H3,(H,16,20). The molecular weight excluding hydrogens is 272 g/mol. The lowest BCUT2D eigenvalue weighted by molar-refractivity contribution is 0.0792. The first-order valence-electron chi connectivity index (χ1n) is 7.55. The Labute approximate surface area is 124 Å². The first-order valence-corrected chi connectivity index (χ1v) is 7.55. The van der Waals surface area contributed by atoms with Crippen molar-refractivity contribution in [3.8, 4) is 0 Å². The lowest BCUT2D eigenvalue weighted by Crippen LogP contribution is -2.46. The Balaban J connectivity index is 1.89. The van der Waals surface area contributed by atoms with Gasteiger partial charge < -0.3 is 19.8 Å². The van der Waals surface area contributed by atoms with Crippen LogP contribution in [0.4, 0.5) is 4.79 Å². The third-order valence-electron chi connectivity index (χ3n) is 4.07. The summed E-state index contributed by atoms with van der Waals surface area (Å²) >= 11 is 0. The van der Waals surface area contributed by atoms with Crippen molar-refractivity contribution >= 4 is 6.03 Å². The van der Waals surface area contributed by atoms with Crippen LogP contribution in [0.5, 0.6) is 0 Å². The summed E-state index contributed by atoms with van der Waals surface area (Å²) in [6.07, 6.45) is 2.07. The SMILES string of the molecule is CCC(NC(=O)N1CCC(C(C)O)CC1)c1noc(C)n1.